The number of amides is 1. The Morgan fingerprint density at radius 2 is 1.64 bits per heavy atom. The Labute approximate surface area is 128 Å². The van der Waals surface area contributed by atoms with Gasteiger partial charge in [-0.25, -0.2) is 0 Å². The number of likely N-dealkylation sites (tertiary alicyclic amines) is 1. The first-order chi connectivity index (χ1) is 10.5. The molecule has 6 heteroatoms. The van der Waals surface area contributed by atoms with Gasteiger partial charge in [0.15, 0.2) is 6.54 Å². The van der Waals surface area contributed by atoms with Gasteiger partial charge in [0.2, 0.25) is 0 Å². The second-order valence-electron chi connectivity index (χ2n) is 5.79. The van der Waals surface area contributed by atoms with Crippen LogP contribution < -0.4 is 10.2 Å². The number of rotatable bonds is 3. The lowest BCUT2D eigenvalue weighted by molar-refractivity contribution is -0.892. The zero-order valence-corrected chi connectivity index (χ0v) is 12.5. The van der Waals surface area contributed by atoms with Crippen molar-refractivity contribution in [1.29, 1.82) is 0 Å². The predicted octanol–water partition coefficient (Wildman–Crippen LogP) is 2.49. The molecule has 1 aromatic carbocycles. The van der Waals surface area contributed by atoms with Crippen LogP contribution in [0.2, 0.25) is 0 Å². The fourth-order valence-electron chi connectivity index (χ4n) is 2.84. The summed E-state index contributed by atoms with van der Waals surface area (Å²) in [6.07, 6.45) is 1.25. The molecule has 2 N–H and O–H groups in total. The third-order valence-electron chi connectivity index (χ3n) is 3.98. The minimum absolute atomic E-state index is 0.161. The number of nitrogens with one attached hydrogen (secondary N) is 2. The molecule has 2 rings (SSSR count). The van der Waals surface area contributed by atoms with Gasteiger partial charge in [-0.2, -0.15) is 13.2 Å². The molecule has 0 saturated carbocycles. The van der Waals surface area contributed by atoms with Crippen molar-refractivity contribution in [1.82, 2.24) is 0 Å². The third-order valence-corrected chi connectivity index (χ3v) is 3.98. The summed E-state index contributed by atoms with van der Waals surface area (Å²) in [6, 6.07) is 5.10. The van der Waals surface area contributed by atoms with Gasteiger partial charge >= 0.3 is 6.18 Å². The van der Waals surface area contributed by atoms with Crippen molar-refractivity contribution in [3.63, 3.8) is 0 Å². The Morgan fingerprint density at radius 3 is 2.27 bits per heavy atom. The number of alkyl halides is 3. The summed E-state index contributed by atoms with van der Waals surface area (Å²) in [7, 11) is 0. The van der Waals surface area contributed by atoms with Gasteiger partial charge in [-0.05, 0) is 37.8 Å². The molecule has 0 spiro atoms. The largest absolute Gasteiger partial charge is 0.418 e. The van der Waals surface area contributed by atoms with Crippen LogP contribution in [-0.4, -0.2) is 25.5 Å². The fraction of sp³-hybridized carbons (Fsp3) is 0.562. The van der Waals surface area contributed by atoms with E-state index in [4.69, 9.17) is 0 Å². The first-order valence-electron chi connectivity index (χ1n) is 7.76. The number of quaternary nitrogens is 1. The van der Waals surface area contributed by atoms with Gasteiger partial charge in [-0.3, -0.25) is 4.79 Å². The number of benzene rings is 1. The highest BCUT2D eigenvalue weighted by Gasteiger charge is 2.33. The highest BCUT2D eigenvalue weighted by Crippen LogP contribution is 2.34. The lowest BCUT2D eigenvalue weighted by Crippen LogP contribution is -3.13. The van der Waals surface area contributed by atoms with E-state index in [1.54, 1.807) is 0 Å². The third kappa shape index (κ3) is 5.02. The second kappa shape index (κ2) is 7.63. The quantitative estimate of drug-likeness (QED) is 0.883. The maximum Gasteiger partial charge on any atom is 0.418 e. The fourth-order valence-corrected chi connectivity index (χ4v) is 2.84. The molecule has 0 radical (unpaired) electrons. The van der Waals surface area contributed by atoms with Crippen LogP contribution in [0.15, 0.2) is 24.3 Å². The Bertz CT molecular complexity index is 494. The van der Waals surface area contributed by atoms with Gasteiger partial charge in [0, 0.05) is 0 Å². The molecular weight excluding hydrogens is 293 g/mol. The van der Waals surface area contributed by atoms with Crippen molar-refractivity contribution in [3.8, 4) is 0 Å². The Balaban J connectivity index is 1.97. The molecule has 1 heterocycles. The first kappa shape index (κ1) is 16.8. The normalized spacial score (nSPS) is 17.6. The molecule has 0 atom stereocenters. The molecule has 1 aliphatic heterocycles. The zero-order valence-electron chi connectivity index (χ0n) is 12.5. The van der Waals surface area contributed by atoms with E-state index in [2.05, 4.69) is 5.32 Å². The number of hydrogen-bond acceptors (Lipinski definition) is 1. The summed E-state index contributed by atoms with van der Waals surface area (Å²) in [4.78, 5) is 13.2. The van der Waals surface area contributed by atoms with Gasteiger partial charge in [0.1, 0.15) is 0 Å². The van der Waals surface area contributed by atoms with E-state index in [9.17, 15) is 18.0 Å². The number of hydrogen-bond donors (Lipinski definition) is 2. The molecule has 1 aliphatic rings. The van der Waals surface area contributed by atoms with Crippen LogP contribution >= 0.6 is 0 Å². The smallest absolute Gasteiger partial charge is 0.327 e. The highest BCUT2D eigenvalue weighted by atomic mass is 19.4. The van der Waals surface area contributed by atoms with Crippen molar-refractivity contribution >= 4 is 11.6 Å². The SMILES string of the molecule is O=C(C[NH+]1CCCCCCC1)Nc1ccccc1C(F)(F)F. The van der Waals surface area contributed by atoms with Gasteiger partial charge in [0.05, 0.1) is 24.3 Å². The molecule has 1 aromatic rings. The molecule has 1 saturated heterocycles. The minimum Gasteiger partial charge on any atom is -0.327 e. The monoisotopic (exact) mass is 315 g/mol. The molecule has 0 bridgehead atoms. The van der Waals surface area contributed by atoms with Gasteiger partial charge in [0.25, 0.3) is 5.91 Å². The number of carbonyl (C=O) groups is 1. The van der Waals surface area contributed by atoms with Crippen LogP contribution in [0.25, 0.3) is 0 Å². The molecule has 0 aliphatic carbocycles. The van der Waals surface area contributed by atoms with Gasteiger partial charge in [-0.15, -0.1) is 0 Å². The summed E-state index contributed by atoms with van der Waals surface area (Å²) in [5.41, 5.74) is -0.961. The summed E-state index contributed by atoms with van der Waals surface area (Å²) in [5.74, 6) is -0.354. The van der Waals surface area contributed by atoms with Crippen molar-refractivity contribution in [2.75, 3.05) is 25.0 Å². The van der Waals surface area contributed by atoms with E-state index in [-0.39, 0.29) is 18.1 Å². The van der Waals surface area contributed by atoms with E-state index in [1.165, 1.54) is 37.5 Å². The number of para-hydroxylation sites is 1. The Hall–Kier alpha value is -1.56. The highest BCUT2D eigenvalue weighted by molar-refractivity contribution is 5.92. The van der Waals surface area contributed by atoms with Crippen LogP contribution in [-0.2, 0) is 11.0 Å². The van der Waals surface area contributed by atoms with Crippen molar-refractivity contribution in [2.24, 2.45) is 0 Å². The topological polar surface area (TPSA) is 33.5 Å². The molecule has 0 aromatic heterocycles. The molecule has 122 valence electrons. The van der Waals surface area contributed by atoms with Crippen LogP contribution in [0.3, 0.4) is 0 Å². The molecule has 0 unspecified atom stereocenters. The van der Waals surface area contributed by atoms with Crippen molar-refractivity contribution in [2.45, 2.75) is 38.3 Å². The minimum atomic E-state index is -4.46. The number of carbonyl (C=O) groups excluding carboxylic acids is 1. The van der Waals surface area contributed by atoms with Gasteiger partial charge in [-0.1, -0.05) is 18.6 Å². The van der Waals surface area contributed by atoms with Gasteiger partial charge < -0.3 is 10.2 Å². The Morgan fingerprint density at radius 1 is 1.05 bits per heavy atom. The van der Waals surface area contributed by atoms with E-state index < -0.39 is 11.7 Å². The maximum atomic E-state index is 12.9. The summed E-state index contributed by atoms with van der Waals surface area (Å²) < 4.78 is 38.7. The van der Waals surface area contributed by atoms with Crippen LogP contribution in [0.5, 0.6) is 0 Å². The van der Waals surface area contributed by atoms with E-state index >= 15 is 0 Å². The predicted molar refractivity (Wildman–Crippen MR) is 78.7 cm³/mol. The Kier molecular flexibility index (Phi) is 5.83. The van der Waals surface area contributed by atoms with E-state index in [0.29, 0.717) is 0 Å². The van der Waals surface area contributed by atoms with E-state index in [0.717, 1.165) is 36.9 Å². The van der Waals surface area contributed by atoms with Crippen molar-refractivity contribution < 1.29 is 22.9 Å². The number of anilines is 1. The van der Waals surface area contributed by atoms with E-state index in [1.807, 2.05) is 0 Å². The lowest BCUT2D eigenvalue weighted by Gasteiger charge is -2.21. The van der Waals surface area contributed by atoms with Crippen molar-refractivity contribution in [3.05, 3.63) is 29.8 Å². The maximum absolute atomic E-state index is 12.9. The standard InChI is InChI=1S/C16H21F3N2O/c17-16(18,19)13-8-4-5-9-14(13)20-15(22)12-21-10-6-2-1-3-7-11-21/h4-5,8-9H,1-3,6-7,10-12H2,(H,20,22)/p+1. The lowest BCUT2D eigenvalue weighted by atomic mass is 10.1. The average molecular weight is 315 g/mol. The molecule has 3 nitrogen and oxygen atoms in total. The molecular formula is C16H22F3N2O+. The summed E-state index contributed by atoms with van der Waals surface area (Å²) >= 11 is 0. The second-order valence-corrected chi connectivity index (χ2v) is 5.79. The summed E-state index contributed by atoms with van der Waals surface area (Å²) in [5, 5.41) is 2.42. The summed E-state index contributed by atoms with van der Waals surface area (Å²) in [6.45, 7) is 2.05. The van der Waals surface area contributed by atoms with Crippen LogP contribution in [0.4, 0.5) is 18.9 Å². The average Bonchev–Trinajstić information content (AvgIpc) is 2.41. The molecule has 1 amide bonds. The first-order valence-corrected chi connectivity index (χ1v) is 7.76. The molecule has 1 fully saturated rings. The van der Waals surface area contributed by atoms with Crippen LogP contribution in [0.1, 0.15) is 37.7 Å². The number of halogens is 3. The zero-order chi connectivity index (χ0) is 16.0. The molecule has 22 heavy (non-hydrogen) atoms. The van der Waals surface area contributed by atoms with Crippen LogP contribution in [0, 0.1) is 0 Å².